The summed E-state index contributed by atoms with van der Waals surface area (Å²) in [5.41, 5.74) is -3.08. The van der Waals surface area contributed by atoms with Crippen molar-refractivity contribution in [3.8, 4) is 0 Å². The number of carbonyl (C=O) groups excluding carboxylic acids is 3. The van der Waals surface area contributed by atoms with E-state index in [0.717, 1.165) is 18.4 Å². The number of ketones is 1. The molecule has 8 nitrogen and oxygen atoms in total. The Balaban J connectivity index is 1.40. The molecule has 0 aromatic rings. The average Bonchev–Trinajstić information content (AvgIpc) is 3.11. The fourth-order valence-electron chi connectivity index (χ4n) is 9.71. The predicted octanol–water partition coefficient (Wildman–Crippen LogP) is 4.82. The number of allylic oxidation sites excluding steroid dienone is 3. The Kier molecular flexibility index (Phi) is 7.97. The second-order valence-electron chi connectivity index (χ2n) is 15.1. The Morgan fingerprint density at radius 2 is 1.86 bits per heavy atom. The Bertz CT molecular complexity index is 1280. The van der Waals surface area contributed by atoms with E-state index in [0.29, 0.717) is 17.7 Å². The van der Waals surface area contributed by atoms with Gasteiger partial charge in [0.2, 0.25) is 0 Å². The third-order valence-electron chi connectivity index (χ3n) is 12.4. The van der Waals surface area contributed by atoms with Gasteiger partial charge in [0.1, 0.15) is 22.9 Å². The van der Waals surface area contributed by atoms with Crippen molar-refractivity contribution in [2.75, 3.05) is 0 Å². The van der Waals surface area contributed by atoms with Crippen LogP contribution in [0.15, 0.2) is 23.8 Å². The summed E-state index contributed by atoms with van der Waals surface area (Å²) >= 11 is 5.04. The molecular formula is C34H48O8S. The van der Waals surface area contributed by atoms with E-state index < -0.39 is 34.3 Å². The van der Waals surface area contributed by atoms with Gasteiger partial charge in [-0.25, -0.2) is 0 Å². The Morgan fingerprint density at radius 3 is 2.47 bits per heavy atom. The first-order valence-electron chi connectivity index (χ1n) is 15.7. The lowest BCUT2D eigenvalue weighted by Gasteiger charge is -2.66. The average molecular weight is 617 g/mol. The standard InChI is InChI=1S/C34H48O8S/c1-18(43)13-28(38)42-30(4,5)33(8,39)17-26-19(2)34(41-26)27(37)16-24-29-23(10-12-32(24,34)7)31(6)11-9-22(36)14-21(31)15-25(29)40-20(3)35/h9,11,14,19,23-27,29,37,39H,10,12-13,15-17H2,1-8H3/t19-,23+,24+,25-,26-,27+,29-,31+,32+,33-,34-/m1/s1. The van der Waals surface area contributed by atoms with Gasteiger partial charge in [0.25, 0.3) is 0 Å². The van der Waals surface area contributed by atoms with Gasteiger partial charge in [-0.3, -0.25) is 14.4 Å². The van der Waals surface area contributed by atoms with Crippen LogP contribution in [0.1, 0.15) is 93.9 Å². The van der Waals surface area contributed by atoms with E-state index in [9.17, 15) is 24.6 Å². The Hall–Kier alpha value is -1.94. The topological polar surface area (TPSA) is 119 Å². The molecule has 5 rings (SSSR count). The summed E-state index contributed by atoms with van der Waals surface area (Å²) < 4.78 is 18.4. The molecule has 3 saturated carbocycles. The van der Waals surface area contributed by atoms with Gasteiger partial charge in [-0.15, -0.1) is 0 Å². The molecule has 1 heterocycles. The molecule has 4 aliphatic carbocycles. The van der Waals surface area contributed by atoms with Gasteiger partial charge in [-0.05, 0) is 70.9 Å². The molecule has 2 N–H and O–H groups in total. The lowest BCUT2D eigenvalue weighted by atomic mass is 9.45. The number of fused-ring (bicyclic) bond motifs is 6. The first-order valence-corrected chi connectivity index (χ1v) is 16.1. The van der Waals surface area contributed by atoms with Crippen molar-refractivity contribution >= 4 is 34.8 Å². The van der Waals surface area contributed by atoms with Crippen molar-refractivity contribution < 1.29 is 38.8 Å². The third-order valence-corrected chi connectivity index (χ3v) is 12.5. The largest absolute Gasteiger partial charge is 0.462 e. The van der Waals surface area contributed by atoms with E-state index in [2.05, 4.69) is 20.8 Å². The van der Waals surface area contributed by atoms with Crippen LogP contribution in [0, 0.1) is 34.5 Å². The van der Waals surface area contributed by atoms with Gasteiger partial charge in [0.05, 0.1) is 18.6 Å². The van der Waals surface area contributed by atoms with Gasteiger partial charge < -0.3 is 24.4 Å². The maximum atomic E-state index is 12.4. The number of esters is 2. The molecule has 0 bridgehead atoms. The quantitative estimate of drug-likeness (QED) is 0.306. The van der Waals surface area contributed by atoms with E-state index >= 15 is 0 Å². The summed E-state index contributed by atoms with van der Waals surface area (Å²) in [4.78, 5) is 37.5. The first kappa shape index (κ1) is 32.5. The van der Waals surface area contributed by atoms with Gasteiger partial charge in [-0.1, -0.05) is 44.6 Å². The number of rotatable bonds is 7. The van der Waals surface area contributed by atoms with Crippen LogP contribution in [0.4, 0.5) is 0 Å². The van der Waals surface area contributed by atoms with E-state index in [-0.39, 0.29) is 65.9 Å². The van der Waals surface area contributed by atoms with Crippen LogP contribution in [0.2, 0.25) is 0 Å². The number of aliphatic hydroxyl groups excluding tert-OH is 1. The molecule has 11 atom stereocenters. The molecule has 0 amide bonds. The minimum Gasteiger partial charge on any atom is -0.462 e. The van der Waals surface area contributed by atoms with Crippen molar-refractivity contribution in [2.45, 2.75) is 129 Å². The zero-order chi connectivity index (χ0) is 31.9. The minimum atomic E-state index is -1.40. The maximum Gasteiger partial charge on any atom is 0.311 e. The summed E-state index contributed by atoms with van der Waals surface area (Å²) in [7, 11) is 0. The zero-order valence-corrected chi connectivity index (χ0v) is 27.6. The lowest BCUT2D eigenvalue weighted by molar-refractivity contribution is -0.344. The van der Waals surface area contributed by atoms with Gasteiger partial charge >= 0.3 is 11.9 Å². The van der Waals surface area contributed by atoms with Crippen LogP contribution < -0.4 is 0 Å². The normalized spacial score (nSPS) is 43.0. The SMILES string of the molecule is CC(=O)O[C@@H]1CC2=CC(=O)C=C[C@]2(C)[C@H]2CC[C@@]3(C)[C@@H](C[C@H](O)[C@@]34O[C@H](C[C@@](C)(O)C(C)(C)OC(=O)CC(C)=S)[C@H]4C)[C@H]12. The van der Waals surface area contributed by atoms with Crippen LogP contribution in [0.3, 0.4) is 0 Å². The van der Waals surface area contributed by atoms with E-state index in [1.54, 1.807) is 39.8 Å². The number of ether oxygens (including phenoxy) is 3. The molecule has 1 saturated heterocycles. The fourth-order valence-corrected chi connectivity index (χ4v) is 9.83. The highest BCUT2D eigenvalue weighted by molar-refractivity contribution is 7.80. The zero-order valence-electron chi connectivity index (χ0n) is 26.8. The maximum absolute atomic E-state index is 12.4. The molecule has 1 aliphatic heterocycles. The third kappa shape index (κ3) is 4.88. The number of hydrogen-bond acceptors (Lipinski definition) is 9. The summed E-state index contributed by atoms with van der Waals surface area (Å²) in [6, 6.07) is 0. The number of aliphatic hydroxyl groups is 2. The highest BCUT2D eigenvalue weighted by Crippen LogP contribution is 2.72. The molecule has 0 radical (unpaired) electrons. The van der Waals surface area contributed by atoms with Crippen LogP contribution in [-0.4, -0.2) is 67.9 Å². The van der Waals surface area contributed by atoms with Crippen LogP contribution >= 0.6 is 12.2 Å². The van der Waals surface area contributed by atoms with E-state index in [4.69, 9.17) is 26.4 Å². The van der Waals surface area contributed by atoms with Gasteiger partial charge in [-0.2, -0.15) is 0 Å². The molecule has 9 heteroatoms. The van der Waals surface area contributed by atoms with Crippen molar-refractivity contribution in [1.29, 1.82) is 0 Å². The highest BCUT2D eigenvalue weighted by Gasteiger charge is 2.76. The molecule has 4 fully saturated rings. The second kappa shape index (κ2) is 10.6. The number of carbonyl (C=O) groups is 3. The highest BCUT2D eigenvalue weighted by atomic mass is 32.1. The lowest BCUT2D eigenvalue weighted by Crippen LogP contribution is -2.72. The van der Waals surface area contributed by atoms with Crippen molar-refractivity contribution in [3.63, 3.8) is 0 Å². The van der Waals surface area contributed by atoms with E-state index in [1.807, 2.05) is 6.08 Å². The predicted molar refractivity (Wildman–Crippen MR) is 164 cm³/mol. The molecule has 1 spiro atoms. The molecular weight excluding hydrogens is 568 g/mol. The van der Waals surface area contributed by atoms with Crippen molar-refractivity contribution in [2.24, 2.45) is 34.5 Å². The van der Waals surface area contributed by atoms with Gasteiger partial charge in [0, 0.05) is 47.3 Å². The molecule has 0 aromatic carbocycles. The fraction of sp³-hybridized carbons (Fsp3) is 0.765. The Labute approximate surface area is 260 Å². The van der Waals surface area contributed by atoms with E-state index in [1.165, 1.54) is 6.92 Å². The second-order valence-corrected chi connectivity index (χ2v) is 15.8. The summed E-state index contributed by atoms with van der Waals surface area (Å²) in [6.45, 7) is 14.7. The summed E-state index contributed by atoms with van der Waals surface area (Å²) in [6.07, 6.45) is 6.90. The minimum absolute atomic E-state index is 0.00220. The Morgan fingerprint density at radius 1 is 1.19 bits per heavy atom. The molecule has 5 aliphatic rings. The molecule has 0 aromatic heterocycles. The van der Waals surface area contributed by atoms with Crippen molar-refractivity contribution in [3.05, 3.63) is 23.8 Å². The number of hydrogen-bond donors (Lipinski definition) is 2. The van der Waals surface area contributed by atoms with Crippen LogP contribution in [0.25, 0.3) is 0 Å². The first-order chi connectivity index (χ1) is 19.8. The monoisotopic (exact) mass is 616 g/mol. The smallest absolute Gasteiger partial charge is 0.311 e. The molecule has 0 unspecified atom stereocenters. The van der Waals surface area contributed by atoms with Crippen LogP contribution in [0.5, 0.6) is 0 Å². The summed E-state index contributed by atoms with van der Waals surface area (Å²) in [5, 5.41) is 23.4. The molecule has 238 valence electrons. The molecule has 43 heavy (non-hydrogen) atoms. The summed E-state index contributed by atoms with van der Waals surface area (Å²) in [5.74, 6) is -0.746. The van der Waals surface area contributed by atoms with Crippen LogP contribution in [-0.2, 0) is 28.6 Å². The number of thiocarbonyl (C=S) groups is 1. The van der Waals surface area contributed by atoms with Crippen molar-refractivity contribution in [1.82, 2.24) is 0 Å². The van der Waals surface area contributed by atoms with Gasteiger partial charge in [0.15, 0.2) is 5.78 Å².